The minimum atomic E-state index is -5.05. The maximum atomic E-state index is 14.0. The van der Waals surface area contributed by atoms with Crippen molar-refractivity contribution in [1.82, 2.24) is 15.1 Å². The van der Waals surface area contributed by atoms with Crippen LogP contribution >= 0.6 is 0 Å². The van der Waals surface area contributed by atoms with E-state index in [4.69, 9.17) is 0 Å². The van der Waals surface area contributed by atoms with Crippen molar-refractivity contribution in [3.63, 3.8) is 0 Å². The highest BCUT2D eigenvalue weighted by Crippen LogP contribution is 2.35. The van der Waals surface area contributed by atoms with Crippen LogP contribution in [-0.2, 0) is 17.1 Å². The van der Waals surface area contributed by atoms with Crippen molar-refractivity contribution >= 4 is 11.9 Å². The number of rotatable bonds is 7. The summed E-state index contributed by atoms with van der Waals surface area (Å²) >= 11 is 0. The summed E-state index contributed by atoms with van der Waals surface area (Å²) in [5.41, 5.74) is -2.17. The molecule has 0 saturated heterocycles. The lowest BCUT2D eigenvalue weighted by molar-refractivity contribution is -0.143. The number of carbonyl (C=O) groups is 2. The van der Waals surface area contributed by atoms with Gasteiger partial charge in [-0.25, -0.2) is 9.07 Å². The Morgan fingerprint density at radius 1 is 0.825 bits per heavy atom. The summed E-state index contributed by atoms with van der Waals surface area (Å²) in [6.45, 7) is 0. The molecule has 1 unspecified atom stereocenters. The van der Waals surface area contributed by atoms with Crippen LogP contribution in [0.15, 0.2) is 79.0 Å². The molecule has 1 aromatic heterocycles. The second kappa shape index (κ2) is 10.8. The van der Waals surface area contributed by atoms with Gasteiger partial charge < -0.3 is 10.4 Å². The predicted octanol–water partition coefficient (Wildman–Crippen LogP) is 6.66. The Morgan fingerprint density at radius 3 is 1.88 bits per heavy atom. The van der Waals surface area contributed by atoms with Crippen molar-refractivity contribution < 1.29 is 45.4 Å². The first-order chi connectivity index (χ1) is 18.7. The smallest absolute Gasteiger partial charge is 0.434 e. The van der Waals surface area contributed by atoms with Crippen molar-refractivity contribution in [2.75, 3.05) is 0 Å². The van der Waals surface area contributed by atoms with Gasteiger partial charge in [0.1, 0.15) is 5.82 Å². The van der Waals surface area contributed by atoms with Gasteiger partial charge in [0.15, 0.2) is 5.69 Å². The van der Waals surface area contributed by atoms with Gasteiger partial charge >= 0.3 is 18.3 Å². The van der Waals surface area contributed by atoms with E-state index in [1.807, 2.05) is 0 Å². The number of nitrogens with zero attached hydrogens (tertiary/aromatic N) is 2. The van der Waals surface area contributed by atoms with E-state index >= 15 is 0 Å². The summed E-state index contributed by atoms with van der Waals surface area (Å²) in [5.74, 6) is -3.29. The van der Waals surface area contributed by atoms with E-state index in [9.17, 15) is 45.4 Å². The largest absolute Gasteiger partial charge is 0.481 e. The van der Waals surface area contributed by atoms with Crippen LogP contribution in [0.25, 0.3) is 16.8 Å². The second-order valence-corrected chi connectivity index (χ2v) is 8.61. The SMILES string of the molecule is O=C(O)CC(NC(=O)c1cnn(-c2ccc(F)cc2)c1C(F)(F)F)c1ccc(-c2ccc(C(F)(F)F)cc2)cc1. The molecule has 2 N–H and O–H groups in total. The number of carboxylic acid groups (broad SMARTS) is 1. The number of halogens is 7. The number of alkyl halides is 6. The van der Waals surface area contributed by atoms with E-state index in [0.717, 1.165) is 36.4 Å². The topological polar surface area (TPSA) is 84.2 Å². The lowest BCUT2D eigenvalue weighted by atomic mass is 9.98. The molecular weight excluding hydrogens is 547 g/mol. The van der Waals surface area contributed by atoms with E-state index in [1.165, 1.54) is 36.4 Å². The van der Waals surface area contributed by atoms with Gasteiger partial charge in [0.05, 0.1) is 35.5 Å². The summed E-state index contributed by atoms with van der Waals surface area (Å²) in [4.78, 5) is 24.4. The molecule has 0 saturated carbocycles. The first-order valence-corrected chi connectivity index (χ1v) is 11.5. The highest BCUT2D eigenvalue weighted by molar-refractivity contribution is 5.96. The number of nitrogens with one attached hydrogen (secondary N) is 1. The molecule has 4 rings (SSSR count). The Morgan fingerprint density at radius 2 is 1.38 bits per heavy atom. The molecule has 40 heavy (non-hydrogen) atoms. The monoisotopic (exact) mass is 565 g/mol. The van der Waals surface area contributed by atoms with Crippen LogP contribution in [0.1, 0.15) is 39.6 Å². The Hall–Kier alpha value is -4.68. The van der Waals surface area contributed by atoms with Gasteiger partial charge in [-0.15, -0.1) is 0 Å². The van der Waals surface area contributed by atoms with Crippen LogP contribution in [0.3, 0.4) is 0 Å². The van der Waals surface area contributed by atoms with E-state index in [1.54, 1.807) is 0 Å². The third kappa shape index (κ3) is 6.30. The number of carboxylic acids is 1. The number of hydrogen-bond acceptors (Lipinski definition) is 3. The van der Waals surface area contributed by atoms with Crippen molar-refractivity contribution in [1.29, 1.82) is 0 Å². The Labute approximate surface area is 221 Å². The Kier molecular flexibility index (Phi) is 7.67. The maximum absolute atomic E-state index is 14.0. The highest BCUT2D eigenvalue weighted by Gasteiger charge is 2.41. The molecule has 0 fully saturated rings. The summed E-state index contributed by atoms with van der Waals surface area (Å²) < 4.78 is 94.0. The summed E-state index contributed by atoms with van der Waals surface area (Å²) in [7, 11) is 0. The number of benzene rings is 3. The van der Waals surface area contributed by atoms with Crippen molar-refractivity contribution in [2.45, 2.75) is 24.8 Å². The third-order valence-corrected chi connectivity index (χ3v) is 5.90. The standard InChI is InChI=1S/C27H18F7N3O3/c28-19-9-11-20(12-10-19)37-24(27(32,33)34)21(14-35-37)25(40)36-22(13-23(38)39)17-3-1-15(2-4-17)16-5-7-18(8-6-16)26(29,30)31/h1-12,14,22H,13H2,(H,36,40)(H,38,39). The van der Waals surface area contributed by atoms with Gasteiger partial charge in [0, 0.05) is 0 Å². The number of aromatic nitrogens is 2. The highest BCUT2D eigenvalue weighted by atomic mass is 19.4. The molecule has 1 heterocycles. The Bertz CT molecular complexity index is 1510. The van der Waals surface area contributed by atoms with Crippen LogP contribution < -0.4 is 5.32 Å². The van der Waals surface area contributed by atoms with Crippen LogP contribution in [0.2, 0.25) is 0 Å². The van der Waals surface area contributed by atoms with Gasteiger partial charge in [-0.2, -0.15) is 31.4 Å². The minimum Gasteiger partial charge on any atom is -0.481 e. The third-order valence-electron chi connectivity index (χ3n) is 5.90. The lowest BCUT2D eigenvalue weighted by Crippen LogP contribution is -2.31. The molecule has 1 amide bonds. The average molecular weight is 565 g/mol. The number of amides is 1. The van der Waals surface area contributed by atoms with Crippen molar-refractivity contribution in [3.8, 4) is 16.8 Å². The van der Waals surface area contributed by atoms with Crippen LogP contribution in [-0.4, -0.2) is 26.8 Å². The van der Waals surface area contributed by atoms with E-state index < -0.39 is 59.3 Å². The predicted molar refractivity (Wildman–Crippen MR) is 128 cm³/mol. The molecule has 0 aliphatic heterocycles. The first kappa shape index (κ1) is 28.3. The van der Waals surface area contributed by atoms with Gasteiger partial charge in [-0.1, -0.05) is 36.4 Å². The zero-order valence-electron chi connectivity index (χ0n) is 20.1. The fraction of sp³-hybridized carbons (Fsp3) is 0.148. The van der Waals surface area contributed by atoms with Crippen LogP contribution in [0, 0.1) is 5.82 Å². The first-order valence-electron chi connectivity index (χ1n) is 11.5. The van der Waals surface area contributed by atoms with Gasteiger partial charge in [0.25, 0.3) is 5.91 Å². The van der Waals surface area contributed by atoms with E-state index in [0.29, 0.717) is 22.0 Å². The van der Waals surface area contributed by atoms with Gasteiger partial charge in [0.2, 0.25) is 0 Å². The molecule has 1 atom stereocenters. The van der Waals surface area contributed by atoms with Crippen molar-refractivity contribution in [2.24, 2.45) is 0 Å². The molecule has 0 radical (unpaired) electrons. The van der Waals surface area contributed by atoms with Gasteiger partial charge in [-0.3, -0.25) is 9.59 Å². The summed E-state index contributed by atoms with van der Waals surface area (Å²) in [5, 5.41) is 15.3. The molecular formula is C27H18F7N3O3. The molecule has 208 valence electrons. The average Bonchev–Trinajstić information content (AvgIpc) is 3.34. The lowest BCUT2D eigenvalue weighted by Gasteiger charge is -2.19. The van der Waals surface area contributed by atoms with Crippen LogP contribution in [0.5, 0.6) is 0 Å². The zero-order chi connectivity index (χ0) is 29.2. The number of aliphatic carboxylic acids is 1. The molecule has 0 aliphatic carbocycles. The molecule has 4 aromatic rings. The fourth-order valence-electron chi connectivity index (χ4n) is 3.99. The van der Waals surface area contributed by atoms with E-state index in [2.05, 4.69) is 10.4 Å². The summed E-state index contributed by atoms with van der Waals surface area (Å²) in [6.07, 6.45) is -9.57. The fourth-order valence-corrected chi connectivity index (χ4v) is 3.99. The molecule has 0 spiro atoms. The van der Waals surface area contributed by atoms with Gasteiger partial charge in [-0.05, 0) is 53.1 Å². The Balaban J connectivity index is 1.62. The minimum absolute atomic E-state index is 0.159. The van der Waals surface area contributed by atoms with Crippen molar-refractivity contribution in [3.05, 3.63) is 107 Å². The normalized spacial score (nSPS) is 12.7. The molecule has 0 aliphatic rings. The summed E-state index contributed by atoms with van der Waals surface area (Å²) in [6, 6.07) is 12.8. The van der Waals surface area contributed by atoms with Crippen LogP contribution in [0.4, 0.5) is 30.7 Å². The molecule has 3 aromatic carbocycles. The second-order valence-electron chi connectivity index (χ2n) is 8.61. The molecule has 6 nitrogen and oxygen atoms in total. The number of hydrogen-bond donors (Lipinski definition) is 2. The number of carbonyl (C=O) groups excluding carboxylic acids is 1. The molecule has 13 heteroatoms. The van der Waals surface area contributed by atoms with E-state index in [-0.39, 0.29) is 11.3 Å². The quantitative estimate of drug-likeness (QED) is 0.246. The molecule has 0 bridgehead atoms. The maximum Gasteiger partial charge on any atom is 0.434 e. The zero-order valence-corrected chi connectivity index (χ0v) is 20.1.